The molecule has 0 radical (unpaired) electrons. The molecule has 2 aromatic carbocycles. The molecular weight excluding hydrogens is 330 g/mol. The van der Waals surface area contributed by atoms with Crippen molar-refractivity contribution in [1.29, 1.82) is 0 Å². The number of benzene rings is 2. The van der Waals surface area contributed by atoms with Crippen LogP contribution in [0, 0.1) is 10.1 Å². The Hall–Kier alpha value is -2.94. The molecule has 0 saturated carbocycles. The molecule has 0 aliphatic carbocycles. The SMILES string of the molecule is O=[N+]([O-])c1ccccc1OCCSc1nnnn1-c1ccccc1. The van der Waals surface area contributed by atoms with E-state index in [9.17, 15) is 10.1 Å². The zero-order valence-electron chi connectivity index (χ0n) is 12.5. The van der Waals surface area contributed by atoms with Gasteiger partial charge in [-0.15, -0.1) is 5.10 Å². The Labute approximate surface area is 141 Å². The summed E-state index contributed by atoms with van der Waals surface area (Å²) in [5.41, 5.74) is 0.821. The number of aromatic nitrogens is 4. The predicted octanol–water partition coefficient (Wildman–Crippen LogP) is 2.74. The maximum Gasteiger partial charge on any atom is 0.310 e. The number of thioether (sulfide) groups is 1. The van der Waals surface area contributed by atoms with Crippen molar-refractivity contribution in [2.24, 2.45) is 0 Å². The van der Waals surface area contributed by atoms with Crippen LogP contribution >= 0.6 is 11.8 Å². The van der Waals surface area contributed by atoms with Gasteiger partial charge >= 0.3 is 5.69 Å². The summed E-state index contributed by atoms with van der Waals surface area (Å²) >= 11 is 1.41. The first-order chi connectivity index (χ1) is 11.8. The van der Waals surface area contributed by atoms with E-state index in [0.717, 1.165) is 5.69 Å². The lowest BCUT2D eigenvalue weighted by Gasteiger charge is -2.06. The third-order valence-electron chi connectivity index (χ3n) is 3.08. The Bertz CT molecular complexity index is 825. The number of nitrogens with zero attached hydrogens (tertiary/aromatic N) is 5. The summed E-state index contributed by atoms with van der Waals surface area (Å²) in [7, 11) is 0. The molecule has 0 N–H and O–H groups in total. The van der Waals surface area contributed by atoms with Gasteiger partial charge in [-0.3, -0.25) is 10.1 Å². The summed E-state index contributed by atoms with van der Waals surface area (Å²) in [6.07, 6.45) is 0. The molecule has 0 bridgehead atoms. The summed E-state index contributed by atoms with van der Waals surface area (Å²) in [6, 6.07) is 15.8. The fourth-order valence-corrected chi connectivity index (χ4v) is 2.72. The summed E-state index contributed by atoms with van der Waals surface area (Å²) < 4.78 is 7.14. The van der Waals surface area contributed by atoms with Crippen molar-refractivity contribution in [3.8, 4) is 11.4 Å². The summed E-state index contributed by atoms with van der Waals surface area (Å²) in [5.74, 6) is 0.810. The van der Waals surface area contributed by atoms with Crippen molar-refractivity contribution >= 4 is 17.4 Å². The first kappa shape index (κ1) is 15.9. The van der Waals surface area contributed by atoms with E-state index >= 15 is 0 Å². The van der Waals surface area contributed by atoms with Gasteiger partial charge in [0.2, 0.25) is 5.16 Å². The van der Waals surface area contributed by atoms with Gasteiger partial charge in [0.15, 0.2) is 5.75 Å². The Morgan fingerprint density at radius 3 is 2.67 bits per heavy atom. The van der Waals surface area contributed by atoms with Crippen molar-refractivity contribution in [2.75, 3.05) is 12.4 Å². The molecule has 24 heavy (non-hydrogen) atoms. The third kappa shape index (κ3) is 3.69. The zero-order chi connectivity index (χ0) is 16.8. The van der Waals surface area contributed by atoms with Crippen LogP contribution in [0.2, 0.25) is 0 Å². The van der Waals surface area contributed by atoms with E-state index in [1.807, 2.05) is 30.3 Å². The molecule has 3 rings (SSSR count). The minimum absolute atomic E-state index is 0.0448. The van der Waals surface area contributed by atoms with Gasteiger partial charge in [0.25, 0.3) is 0 Å². The van der Waals surface area contributed by atoms with Crippen LogP contribution in [0.1, 0.15) is 0 Å². The molecule has 1 heterocycles. The monoisotopic (exact) mass is 343 g/mol. The van der Waals surface area contributed by atoms with Crippen LogP contribution in [-0.2, 0) is 0 Å². The number of hydrogen-bond acceptors (Lipinski definition) is 7. The largest absolute Gasteiger partial charge is 0.486 e. The molecule has 0 fully saturated rings. The summed E-state index contributed by atoms with van der Waals surface area (Å²) in [5, 5.41) is 23.2. The maximum absolute atomic E-state index is 10.9. The second-order valence-electron chi connectivity index (χ2n) is 4.63. The lowest BCUT2D eigenvalue weighted by Crippen LogP contribution is -2.04. The number of nitro groups is 1. The van der Waals surface area contributed by atoms with E-state index < -0.39 is 4.92 Å². The van der Waals surface area contributed by atoms with Gasteiger partial charge in [0.1, 0.15) is 0 Å². The van der Waals surface area contributed by atoms with E-state index in [4.69, 9.17) is 4.74 Å². The van der Waals surface area contributed by atoms with Gasteiger partial charge in [-0.2, -0.15) is 4.68 Å². The molecule has 0 saturated heterocycles. The number of ether oxygens (including phenoxy) is 1. The van der Waals surface area contributed by atoms with Crippen molar-refractivity contribution in [1.82, 2.24) is 20.2 Å². The number of nitro benzene ring substituents is 1. The number of rotatable bonds is 7. The average molecular weight is 343 g/mol. The maximum atomic E-state index is 10.9. The Kier molecular flexibility index (Phi) is 5.02. The van der Waals surface area contributed by atoms with Gasteiger partial charge in [-0.1, -0.05) is 42.1 Å². The summed E-state index contributed by atoms with van der Waals surface area (Å²) in [6.45, 7) is 0.303. The highest BCUT2D eigenvalue weighted by molar-refractivity contribution is 7.99. The lowest BCUT2D eigenvalue weighted by molar-refractivity contribution is -0.385. The molecule has 1 aromatic heterocycles. The lowest BCUT2D eigenvalue weighted by atomic mass is 10.3. The van der Waals surface area contributed by atoms with E-state index in [2.05, 4.69) is 15.5 Å². The molecule has 0 unspecified atom stereocenters. The Morgan fingerprint density at radius 2 is 1.88 bits per heavy atom. The smallest absolute Gasteiger partial charge is 0.310 e. The van der Waals surface area contributed by atoms with Gasteiger partial charge in [-0.25, -0.2) is 0 Å². The van der Waals surface area contributed by atoms with Gasteiger partial charge in [0.05, 0.1) is 17.2 Å². The molecule has 122 valence electrons. The highest BCUT2D eigenvalue weighted by Gasteiger charge is 2.14. The van der Waals surface area contributed by atoms with Crippen LogP contribution in [0.25, 0.3) is 5.69 Å². The minimum Gasteiger partial charge on any atom is -0.486 e. The first-order valence-electron chi connectivity index (χ1n) is 7.08. The Morgan fingerprint density at radius 1 is 1.12 bits per heavy atom. The second kappa shape index (κ2) is 7.55. The number of hydrogen-bond donors (Lipinski definition) is 0. The molecule has 0 amide bonds. The van der Waals surface area contributed by atoms with Crippen LogP contribution in [0.15, 0.2) is 59.8 Å². The fourth-order valence-electron chi connectivity index (χ4n) is 2.01. The average Bonchev–Trinajstić information content (AvgIpc) is 3.08. The Balaban J connectivity index is 1.59. The highest BCUT2D eigenvalue weighted by Crippen LogP contribution is 2.26. The molecule has 9 heteroatoms. The third-order valence-corrected chi connectivity index (χ3v) is 3.96. The molecule has 0 aliphatic heterocycles. The molecule has 0 aliphatic rings. The number of para-hydroxylation sites is 3. The van der Waals surface area contributed by atoms with Gasteiger partial charge in [0, 0.05) is 11.8 Å². The van der Waals surface area contributed by atoms with E-state index in [1.165, 1.54) is 17.8 Å². The van der Waals surface area contributed by atoms with Crippen LogP contribution < -0.4 is 4.74 Å². The highest BCUT2D eigenvalue weighted by atomic mass is 32.2. The van der Waals surface area contributed by atoms with Gasteiger partial charge < -0.3 is 4.74 Å². The molecular formula is C15H13N5O3S. The summed E-state index contributed by atoms with van der Waals surface area (Å²) in [4.78, 5) is 10.5. The van der Waals surface area contributed by atoms with Crippen molar-refractivity contribution in [3.05, 3.63) is 64.7 Å². The quantitative estimate of drug-likeness (QED) is 0.282. The topological polar surface area (TPSA) is 96.0 Å². The van der Waals surface area contributed by atoms with Crippen molar-refractivity contribution in [3.63, 3.8) is 0 Å². The van der Waals surface area contributed by atoms with Crippen LogP contribution in [0.3, 0.4) is 0 Å². The second-order valence-corrected chi connectivity index (χ2v) is 5.69. The van der Waals surface area contributed by atoms with E-state index in [-0.39, 0.29) is 11.4 Å². The van der Waals surface area contributed by atoms with Crippen molar-refractivity contribution in [2.45, 2.75) is 5.16 Å². The predicted molar refractivity (Wildman–Crippen MR) is 88.5 cm³/mol. The minimum atomic E-state index is -0.460. The fraction of sp³-hybridized carbons (Fsp3) is 0.133. The molecule has 3 aromatic rings. The van der Waals surface area contributed by atoms with Crippen LogP contribution in [-0.4, -0.2) is 37.5 Å². The van der Waals surface area contributed by atoms with Crippen molar-refractivity contribution < 1.29 is 9.66 Å². The molecule has 0 atom stereocenters. The van der Waals surface area contributed by atoms with Gasteiger partial charge in [-0.05, 0) is 28.6 Å². The van der Waals surface area contributed by atoms with E-state index in [1.54, 1.807) is 22.9 Å². The normalized spacial score (nSPS) is 10.5. The number of tetrazole rings is 1. The standard InChI is InChI=1S/C15H13N5O3S/c21-20(22)13-8-4-5-9-14(13)23-10-11-24-15-16-17-18-19(15)12-6-2-1-3-7-12/h1-9H,10-11H2. The first-order valence-corrected chi connectivity index (χ1v) is 8.07. The zero-order valence-corrected chi connectivity index (χ0v) is 13.3. The van der Waals surface area contributed by atoms with E-state index in [0.29, 0.717) is 17.5 Å². The molecule has 8 nitrogen and oxygen atoms in total. The van der Waals surface area contributed by atoms with Crippen LogP contribution in [0.5, 0.6) is 5.75 Å². The van der Waals surface area contributed by atoms with Crippen LogP contribution in [0.4, 0.5) is 5.69 Å². The molecule has 0 spiro atoms.